The number of fused-ring (bicyclic) bond motifs is 2. The number of rotatable bonds is 17. The molecule has 1 saturated carbocycles. The van der Waals surface area contributed by atoms with Crippen LogP contribution < -0.4 is 30.5 Å². The predicted octanol–water partition coefficient (Wildman–Crippen LogP) is 8.28. The van der Waals surface area contributed by atoms with Gasteiger partial charge in [-0.05, 0) is 87.5 Å². The monoisotopic (exact) mass is 1100 g/mol. The van der Waals surface area contributed by atoms with Gasteiger partial charge in [-0.2, -0.15) is 0 Å². The van der Waals surface area contributed by atoms with Gasteiger partial charge in [0.1, 0.15) is 18.1 Å². The number of amides is 2. The SMILES string of the molecule is Cc1ncsc1-c1ccc([C@H](C)NC(=O)[C@@H]2C[C@@H](O)CN2C(=O)[C@@H](c2cc(N3CCC(CN4CCC(O[C@H]5C[C@H](Oc6cc(N7C8CCC7CN(c7cc(-c9ccccc9)nnc7N)C8)ccn6)C5)CC4)CC3)no2)C(C)C)cc1. The van der Waals surface area contributed by atoms with Crippen LogP contribution in [0.4, 0.5) is 23.0 Å². The maximum Gasteiger partial charge on any atom is 0.243 e. The molecule has 6 aliphatic rings. The summed E-state index contributed by atoms with van der Waals surface area (Å²) < 4.78 is 19.1. The number of nitrogens with one attached hydrogen (secondary N) is 1. The highest BCUT2D eigenvalue weighted by Gasteiger charge is 2.45. The molecule has 422 valence electrons. The molecule has 18 nitrogen and oxygen atoms in total. The molecule has 2 bridgehead atoms. The fourth-order valence-corrected chi connectivity index (χ4v) is 14.1. The number of benzene rings is 2. The van der Waals surface area contributed by atoms with Crippen LogP contribution in [-0.4, -0.2) is 147 Å². The van der Waals surface area contributed by atoms with E-state index >= 15 is 0 Å². The van der Waals surface area contributed by atoms with E-state index in [0.717, 1.165) is 142 Å². The van der Waals surface area contributed by atoms with Crippen LogP contribution in [0.5, 0.6) is 5.88 Å². The number of piperidine rings is 2. The topological polar surface area (TPSA) is 205 Å². The smallest absolute Gasteiger partial charge is 0.243 e. The van der Waals surface area contributed by atoms with Gasteiger partial charge in [0.05, 0.1) is 51.8 Å². The molecule has 2 amide bonds. The highest BCUT2D eigenvalue weighted by molar-refractivity contribution is 7.13. The van der Waals surface area contributed by atoms with Crippen molar-refractivity contribution in [2.75, 3.05) is 72.8 Å². The van der Waals surface area contributed by atoms with E-state index in [4.69, 9.17) is 19.7 Å². The average Bonchev–Trinajstić information content (AvgIpc) is 4.29. The number of carbonyl (C=O) groups excluding carboxylic acids is 2. The third-order valence-electron chi connectivity index (χ3n) is 17.8. The number of hydrogen-bond acceptors (Lipinski definition) is 17. The molecule has 4 N–H and O–H groups in total. The van der Waals surface area contributed by atoms with E-state index < -0.39 is 18.1 Å². The Morgan fingerprint density at radius 1 is 0.812 bits per heavy atom. The summed E-state index contributed by atoms with van der Waals surface area (Å²) >= 11 is 1.60. The van der Waals surface area contributed by atoms with Crippen LogP contribution in [0.15, 0.2) is 95.1 Å². The first-order valence-electron chi connectivity index (χ1n) is 29.1. The number of carbonyl (C=O) groups is 2. The number of β-amino-alcohol motifs (C(OH)–C–C–N with tert-alkyl or cyclic N) is 1. The van der Waals surface area contributed by atoms with Gasteiger partial charge in [-0.1, -0.05) is 73.6 Å². The Morgan fingerprint density at radius 2 is 1.56 bits per heavy atom. The third-order valence-corrected chi connectivity index (χ3v) is 18.8. The zero-order chi connectivity index (χ0) is 55.0. The number of aliphatic hydroxyl groups is 1. The Hall–Kier alpha value is -6.67. The first-order valence-corrected chi connectivity index (χ1v) is 30.0. The highest BCUT2D eigenvalue weighted by atomic mass is 32.1. The lowest BCUT2D eigenvalue weighted by molar-refractivity contribution is -0.141. The van der Waals surface area contributed by atoms with Crippen molar-refractivity contribution in [3.63, 3.8) is 0 Å². The zero-order valence-electron chi connectivity index (χ0n) is 46.5. The van der Waals surface area contributed by atoms with E-state index in [9.17, 15) is 14.7 Å². The van der Waals surface area contributed by atoms with Gasteiger partial charge in [0, 0.05) is 113 Å². The quantitative estimate of drug-likeness (QED) is 0.0786. The number of anilines is 4. The number of nitrogens with zero attached hydrogens (tertiary/aromatic N) is 10. The van der Waals surface area contributed by atoms with Crippen LogP contribution >= 0.6 is 11.3 Å². The first-order chi connectivity index (χ1) is 38.9. The molecule has 9 heterocycles. The Bertz CT molecular complexity index is 3070. The lowest BCUT2D eigenvalue weighted by atomic mass is 9.91. The van der Waals surface area contributed by atoms with Crippen molar-refractivity contribution in [2.45, 2.75) is 140 Å². The number of aliphatic hydroxyl groups excluding tert-OH is 1. The molecule has 12 rings (SSSR count). The van der Waals surface area contributed by atoms with E-state index in [-0.39, 0.29) is 55.1 Å². The Morgan fingerprint density at radius 3 is 2.27 bits per heavy atom. The molecule has 4 aromatic heterocycles. The number of likely N-dealkylation sites (tertiary alicyclic amines) is 2. The number of hydrogen-bond donors (Lipinski definition) is 3. The Kier molecular flexibility index (Phi) is 15.8. The van der Waals surface area contributed by atoms with Crippen molar-refractivity contribution in [1.82, 2.24) is 40.4 Å². The summed E-state index contributed by atoms with van der Waals surface area (Å²) in [6.45, 7) is 14.6. The molecule has 5 saturated heterocycles. The van der Waals surface area contributed by atoms with Crippen LogP contribution in [-0.2, 0) is 14.3 Å². The van der Waals surface area contributed by atoms with Crippen molar-refractivity contribution in [3.8, 4) is 27.6 Å². The molecule has 5 aliphatic heterocycles. The van der Waals surface area contributed by atoms with Gasteiger partial charge in [0.2, 0.25) is 17.7 Å². The largest absolute Gasteiger partial charge is 0.474 e. The highest BCUT2D eigenvalue weighted by Crippen LogP contribution is 2.41. The minimum absolute atomic E-state index is 0.0880. The number of thiazole rings is 1. The van der Waals surface area contributed by atoms with Crippen LogP contribution in [0, 0.1) is 18.8 Å². The van der Waals surface area contributed by atoms with Gasteiger partial charge in [0.25, 0.3) is 0 Å². The molecule has 0 radical (unpaired) electrons. The molecule has 6 fully saturated rings. The number of nitrogens with two attached hydrogens (primary N) is 1. The van der Waals surface area contributed by atoms with Gasteiger partial charge < -0.3 is 54.7 Å². The second kappa shape index (κ2) is 23.4. The van der Waals surface area contributed by atoms with Crippen molar-refractivity contribution >= 4 is 46.2 Å². The summed E-state index contributed by atoms with van der Waals surface area (Å²) in [7, 11) is 0. The Balaban J connectivity index is 0.564. The minimum atomic E-state index is -0.799. The summed E-state index contributed by atoms with van der Waals surface area (Å²) in [5.74, 6) is 1.69. The van der Waals surface area contributed by atoms with Gasteiger partial charge in [-0.3, -0.25) is 9.59 Å². The number of pyridine rings is 1. The minimum Gasteiger partial charge on any atom is -0.474 e. The number of aryl methyl sites for hydroxylation is 1. The summed E-state index contributed by atoms with van der Waals surface area (Å²) in [4.78, 5) is 49.7. The third kappa shape index (κ3) is 11.6. The standard InChI is InChI=1S/C61H76N12O6S/c1-37(2)57(61(76)72-35-47(74)27-53(72)60(75)65-38(3)41-10-12-43(13-11-41)58-39(4)64-36-80-58)54-31-55(68-79-54)70-24-17-40(18-25-70)32-69-22-19-48(20-23-69)77-49-28-50(29-49)78-56-26-44(16-21-63-56)73-45-14-15-46(73)34-71(33-45)52-30-51(66-67-59(52)62)42-8-6-5-7-9-42/h5-13,16,21,26,30-31,36-38,40,45-50,53,57,74H,14-15,17-20,22-25,27-29,32-35H2,1-4H3,(H2,62,67)(H,65,75)/t38-,45?,46?,47+,49-,50-,53-,57+/m0/s1. The lowest BCUT2D eigenvalue weighted by Crippen LogP contribution is -2.54. The number of aromatic nitrogens is 5. The Labute approximate surface area is 473 Å². The fourth-order valence-electron chi connectivity index (χ4n) is 13.3. The predicted molar refractivity (Wildman–Crippen MR) is 310 cm³/mol. The van der Waals surface area contributed by atoms with Crippen molar-refractivity contribution < 1.29 is 28.7 Å². The van der Waals surface area contributed by atoms with Crippen LogP contribution in [0.25, 0.3) is 21.7 Å². The normalized spacial score (nSPS) is 24.5. The molecule has 2 unspecified atom stereocenters. The lowest BCUT2D eigenvalue weighted by Gasteiger charge is -2.43. The number of nitrogen functional groups attached to an aromatic ring is 1. The van der Waals surface area contributed by atoms with Crippen molar-refractivity contribution in [1.29, 1.82) is 0 Å². The van der Waals surface area contributed by atoms with E-state index in [0.29, 0.717) is 35.5 Å². The number of ether oxygens (including phenoxy) is 2. The van der Waals surface area contributed by atoms with Crippen molar-refractivity contribution in [3.05, 3.63) is 108 Å². The summed E-state index contributed by atoms with van der Waals surface area (Å²) in [5, 5.41) is 27.2. The summed E-state index contributed by atoms with van der Waals surface area (Å²) in [5.41, 5.74) is 15.3. The average molecular weight is 1110 g/mol. The fraction of sp³-hybridized carbons (Fsp3) is 0.525. The second-order valence-corrected chi connectivity index (χ2v) is 24.5. The molecule has 2 aromatic carbocycles. The van der Waals surface area contributed by atoms with E-state index in [1.54, 1.807) is 16.2 Å². The maximum atomic E-state index is 14.4. The first kappa shape index (κ1) is 53.9. The van der Waals surface area contributed by atoms with Gasteiger partial charge in [0.15, 0.2) is 17.4 Å². The van der Waals surface area contributed by atoms with Gasteiger partial charge in [-0.15, -0.1) is 21.5 Å². The molecule has 1 aliphatic carbocycles. The molecule has 19 heteroatoms. The maximum absolute atomic E-state index is 14.4. The zero-order valence-corrected chi connectivity index (χ0v) is 47.3. The molecule has 0 spiro atoms. The summed E-state index contributed by atoms with van der Waals surface area (Å²) in [6.07, 6.45) is 10.1. The van der Waals surface area contributed by atoms with Gasteiger partial charge in [-0.25, -0.2) is 9.97 Å². The van der Waals surface area contributed by atoms with E-state index in [1.165, 1.54) is 5.69 Å². The van der Waals surface area contributed by atoms with Crippen LogP contribution in [0.1, 0.15) is 108 Å². The molecular formula is C61H76N12O6S. The molecule has 6 aromatic rings. The molecule has 80 heavy (non-hydrogen) atoms. The molecule has 6 atom stereocenters. The molecular weight excluding hydrogens is 1030 g/mol. The van der Waals surface area contributed by atoms with E-state index in [2.05, 4.69) is 80.6 Å². The van der Waals surface area contributed by atoms with Gasteiger partial charge >= 0.3 is 0 Å². The summed E-state index contributed by atoms with van der Waals surface area (Å²) in [6, 6.07) is 26.1. The number of piperazine rings is 1. The second-order valence-electron chi connectivity index (χ2n) is 23.6. The van der Waals surface area contributed by atoms with Crippen LogP contribution in [0.2, 0.25) is 0 Å². The van der Waals surface area contributed by atoms with Crippen LogP contribution in [0.3, 0.4) is 0 Å². The van der Waals surface area contributed by atoms with Crippen molar-refractivity contribution in [2.24, 2.45) is 11.8 Å². The van der Waals surface area contributed by atoms with E-state index in [1.807, 2.05) is 87.9 Å².